The molecule has 0 bridgehead atoms. The van der Waals surface area contributed by atoms with E-state index in [-0.39, 0.29) is 4.47 Å². The van der Waals surface area contributed by atoms with Gasteiger partial charge in [0, 0.05) is 39.2 Å². The van der Waals surface area contributed by atoms with Crippen molar-refractivity contribution in [1.29, 1.82) is 0 Å². The molecule has 1 heterocycles. The maximum absolute atomic E-state index is 14.1. The smallest absolute Gasteiger partial charge is 0.342 e. The number of benzene rings is 3. The Hall–Kier alpha value is -2.31. The average Bonchev–Trinajstić information content (AvgIpc) is 3.06. The molecule has 0 aliphatic rings. The lowest BCUT2D eigenvalue weighted by Gasteiger charge is -2.19. The summed E-state index contributed by atoms with van der Waals surface area (Å²) in [7, 11) is -5.63. The zero-order chi connectivity index (χ0) is 21.5. The van der Waals surface area contributed by atoms with Gasteiger partial charge in [-0.25, -0.2) is 0 Å². The molecule has 0 radical (unpaired) electrons. The second-order valence-corrected chi connectivity index (χ2v) is 9.46. The molecule has 0 atom stereocenters. The Bertz CT molecular complexity index is 1270. The number of halogens is 3. The Labute approximate surface area is 180 Å². The fraction of sp³-hybridized carbons (Fsp3) is 0.0909. The largest absolute Gasteiger partial charge is 0.399 e. The van der Waals surface area contributed by atoms with Gasteiger partial charge in [-0.3, -0.25) is 4.57 Å². The van der Waals surface area contributed by atoms with Gasteiger partial charge < -0.3 is 14.4 Å². The summed E-state index contributed by atoms with van der Waals surface area (Å²) < 4.78 is 41.3. The lowest BCUT2D eigenvalue weighted by Crippen LogP contribution is -2.14. The molecule has 0 aliphatic heterocycles. The van der Waals surface area contributed by atoms with Crippen molar-refractivity contribution in [2.45, 2.75) is 12.2 Å². The minimum Gasteiger partial charge on any atom is -0.342 e. The van der Waals surface area contributed by atoms with Crippen LogP contribution in [0.4, 0.5) is 8.78 Å². The van der Waals surface area contributed by atoms with Crippen molar-refractivity contribution in [1.82, 2.24) is 4.57 Å². The van der Waals surface area contributed by atoms with E-state index in [1.165, 1.54) is 12.1 Å². The second kappa shape index (κ2) is 7.75. The van der Waals surface area contributed by atoms with Gasteiger partial charge in [0.2, 0.25) is 0 Å². The van der Waals surface area contributed by atoms with Crippen molar-refractivity contribution >= 4 is 34.4 Å². The molecule has 0 amide bonds. The molecule has 0 aliphatic carbocycles. The summed E-state index contributed by atoms with van der Waals surface area (Å²) in [4.78, 5) is 18.0. The van der Waals surface area contributed by atoms with E-state index >= 15 is 0 Å². The number of aromatic nitrogens is 1. The maximum atomic E-state index is 14.1. The van der Waals surface area contributed by atoms with Gasteiger partial charge in [-0.1, -0.05) is 76.6 Å². The summed E-state index contributed by atoms with van der Waals surface area (Å²) in [5, 5.41) is 1.08. The average molecular weight is 492 g/mol. The summed E-state index contributed by atoms with van der Waals surface area (Å²) >= 11 is 3.05. The molecule has 4 aromatic rings. The molecule has 154 valence electrons. The zero-order valence-electron chi connectivity index (χ0n) is 15.5. The molecule has 3 aromatic carbocycles. The van der Waals surface area contributed by atoms with Gasteiger partial charge in [0.1, 0.15) is 0 Å². The predicted molar refractivity (Wildman–Crippen MR) is 117 cm³/mol. The first-order valence-corrected chi connectivity index (χ1v) is 11.4. The predicted octanol–water partition coefficient (Wildman–Crippen LogP) is 6.35. The van der Waals surface area contributed by atoms with E-state index < -0.39 is 18.8 Å². The van der Waals surface area contributed by atoms with Crippen LogP contribution in [0.1, 0.15) is 11.1 Å². The first-order chi connectivity index (χ1) is 14.2. The van der Waals surface area contributed by atoms with Crippen LogP contribution < -0.4 is 0 Å². The minimum atomic E-state index is -5.63. The molecule has 8 heteroatoms. The Kier molecular flexibility index (Phi) is 5.41. The van der Waals surface area contributed by atoms with Crippen molar-refractivity contribution in [3.8, 4) is 11.1 Å². The van der Waals surface area contributed by atoms with E-state index in [0.29, 0.717) is 12.1 Å². The van der Waals surface area contributed by atoms with E-state index in [4.69, 9.17) is 9.79 Å². The Morgan fingerprint density at radius 1 is 0.967 bits per heavy atom. The number of hydrogen-bond donors (Lipinski definition) is 2. The van der Waals surface area contributed by atoms with Crippen molar-refractivity contribution in [3.05, 3.63) is 94.6 Å². The van der Waals surface area contributed by atoms with Crippen molar-refractivity contribution in [3.63, 3.8) is 0 Å². The topological polar surface area (TPSA) is 62.5 Å². The SMILES string of the molecule is O=P(O)(O)C(F)(F)c1ccc(Cn2cc(-c3ccccc3)c3ccccc32)cc1Br. The molecule has 0 saturated heterocycles. The fourth-order valence-corrected chi connectivity index (χ4v) is 4.82. The molecular weight excluding hydrogens is 475 g/mol. The van der Waals surface area contributed by atoms with Crippen LogP contribution in [-0.4, -0.2) is 14.4 Å². The van der Waals surface area contributed by atoms with Crippen LogP contribution >= 0.6 is 23.5 Å². The Morgan fingerprint density at radius 3 is 2.30 bits per heavy atom. The van der Waals surface area contributed by atoms with Crippen LogP contribution in [0.25, 0.3) is 22.0 Å². The number of fused-ring (bicyclic) bond motifs is 1. The highest BCUT2D eigenvalue weighted by atomic mass is 79.9. The molecule has 0 unspecified atom stereocenters. The number of nitrogens with zero attached hydrogens (tertiary/aromatic N) is 1. The molecular formula is C22H17BrF2NO3P. The molecule has 1 aromatic heterocycles. The Balaban J connectivity index is 1.74. The van der Waals surface area contributed by atoms with Gasteiger partial charge >= 0.3 is 13.3 Å². The molecule has 0 fully saturated rings. The molecule has 30 heavy (non-hydrogen) atoms. The monoisotopic (exact) mass is 491 g/mol. The molecule has 0 spiro atoms. The van der Waals surface area contributed by atoms with Crippen molar-refractivity contribution in [2.24, 2.45) is 0 Å². The molecule has 4 rings (SSSR count). The van der Waals surface area contributed by atoms with Gasteiger partial charge in [-0.2, -0.15) is 8.78 Å². The van der Waals surface area contributed by atoms with E-state index in [2.05, 4.69) is 15.9 Å². The van der Waals surface area contributed by atoms with E-state index in [1.54, 1.807) is 0 Å². The van der Waals surface area contributed by atoms with E-state index in [0.717, 1.165) is 28.1 Å². The van der Waals surface area contributed by atoms with Gasteiger partial charge in [0.15, 0.2) is 0 Å². The molecule has 4 nitrogen and oxygen atoms in total. The lowest BCUT2D eigenvalue weighted by molar-refractivity contribution is 0.0557. The first-order valence-electron chi connectivity index (χ1n) is 9.04. The van der Waals surface area contributed by atoms with E-state index in [1.807, 2.05) is 65.4 Å². The second-order valence-electron chi connectivity index (χ2n) is 6.95. The Morgan fingerprint density at radius 2 is 1.63 bits per heavy atom. The van der Waals surface area contributed by atoms with Gasteiger partial charge in [0.05, 0.1) is 0 Å². The van der Waals surface area contributed by atoms with Gasteiger partial charge in [-0.05, 0) is 23.3 Å². The van der Waals surface area contributed by atoms with Crippen LogP contribution in [0.5, 0.6) is 0 Å². The number of rotatable bonds is 5. The third-order valence-electron chi connectivity index (χ3n) is 4.95. The van der Waals surface area contributed by atoms with Crippen molar-refractivity contribution < 1.29 is 23.1 Å². The minimum absolute atomic E-state index is 0.0481. The standard InChI is InChI=1S/C22H17BrF2NO3P/c23-20-12-15(10-11-19(20)22(24,25)30(27,28)29)13-26-14-18(16-6-2-1-3-7-16)17-8-4-5-9-21(17)26/h1-12,14H,13H2,(H2,27,28,29). The first kappa shape index (κ1) is 20.9. The highest BCUT2D eigenvalue weighted by Crippen LogP contribution is 2.60. The quantitative estimate of drug-likeness (QED) is 0.320. The maximum Gasteiger partial charge on any atom is 0.399 e. The summed E-state index contributed by atoms with van der Waals surface area (Å²) in [5.41, 5.74) is -1.14. The molecule has 2 N–H and O–H groups in total. The zero-order valence-corrected chi connectivity index (χ0v) is 18.0. The number of alkyl halides is 2. The summed E-state index contributed by atoms with van der Waals surface area (Å²) in [5.74, 6) is 0. The van der Waals surface area contributed by atoms with Crippen LogP contribution in [0.2, 0.25) is 0 Å². The summed E-state index contributed by atoms with van der Waals surface area (Å²) in [6.45, 7) is 0.410. The summed E-state index contributed by atoms with van der Waals surface area (Å²) in [6, 6.07) is 21.9. The van der Waals surface area contributed by atoms with Gasteiger partial charge in [0.25, 0.3) is 0 Å². The van der Waals surface area contributed by atoms with Crippen LogP contribution in [0.15, 0.2) is 83.5 Å². The fourth-order valence-electron chi connectivity index (χ4n) is 3.48. The molecule has 0 saturated carbocycles. The summed E-state index contributed by atoms with van der Waals surface area (Å²) in [6.07, 6.45) is 2.02. The lowest BCUT2D eigenvalue weighted by atomic mass is 10.1. The van der Waals surface area contributed by atoms with E-state index in [9.17, 15) is 13.3 Å². The van der Waals surface area contributed by atoms with Gasteiger partial charge in [-0.15, -0.1) is 0 Å². The van der Waals surface area contributed by atoms with Crippen LogP contribution in [-0.2, 0) is 16.8 Å². The van der Waals surface area contributed by atoms with Crippen molar-refractivity contribution in [2.75, 3.05) is 0 Å². The number of para-hydroxylation sites is 1. The third kappa shape index (κ3) is 3.74. The highest BCUT2D eigenvalue weighted by Gasteiger charge is 2.51. The number of hydrogen-bond acceptors (Lipinski definition) is 1. The third-order valence-corrected chi connectivity index (χ3v) is 6.58. The van der Waals surface area contributed by atoms with Crippen LogP contribution in [0, 0.1) is 0 Å². The highest BCUT2D eigenvalue weighted by molar-refractivity contribution is 9.10. The normalized spacial score (nSPS) is 12.4. The van der Waals surface area contributed by atoms with Crippen LogP contribution in [0.3, 0.4) is 0 Å².